The summed E-state index contributed by atoms with van der Waals surface area (Å²) in [7, 11) is 0. The lowest BCUT2D eigenvalue weighted by Crippen LogP contribution is -1.87. The fraction of sp³-hybridized carbons (Fsp3) is 0. The molecule has 74 valence electrons. The second kappa shape index (κ2) is 6.20. The van der Waals surface area contributed by atoms with Crippen LogP contribution in [0, 0.1) is 22.5 Å². The Hall–Kier alpha value is -2.30. The molecular formula is C10H7N3O2. The van der Waals surface area contributed by atoms with Gasteiger partial charge in [0.05, 0.1) is 11.1 Å². The van der Waals surface area contributed by atoms with E-state index in [4.69, 9.17) is 0 Å². The first-order chi connectivity index (χ1) is 7.30. The average molecular weight is 201 g/mol. The van der Waals surface area contributed by atoms with Crippen molar-refractivity contribution in [3.63, 3.8) is 0 Å². The summed E-state index contributed by atoms with van der Waals surface area (Å²) in [5.74, 6) is 0. The predicted molar refractivity (Wildman–Crippen MR) is 52.8 cm³/mol. The molecule has 0 saturated heterocycles. The van der Waals surface area contributed by atoms with Crippen LogP contribution in [0.3, 0.4) is 0 Å². The minimum absolute atomic E-state index is 0.0995. The fourth-order valence-electron chi connectivity index (χ4n) is 0.697. The summed E-state index contributed by atoms with van der Waals surface area (Å²) in [5.41, 5.74) is -0.0995. The first kappa shape index (κ1) is 10.8. The van der Waals surface area contributed by atoms with Crippen LogP contribution in [-0.4, -0.2) is 14.9 Å². The van der Waals surface area contributed by atoms with Crippen molar-refractivity contribution in [2.45, 2.75) is 0 Å². The van der Waals surface area contributed by atoms with Gasteiger partial charge in [0, 0.05) is 18.5 Å². The Morgan fingerprint density at radius 3 is 2.27 bits per heavy atom. The summed E-state index contributed by atoms with van der Waals surface area (Å²) in [4.78, 5) is 16.5. The molecule has 0 aliphatic rings. The first-order valence-corrected chi connectivity index (χ1v) is 4.05. The van der Waals surface area contributed by atoms with Crippen molar-refractivity contribution >= 4 is 5.69 Å². The van der Waals surface area contributed by atoms with Crippen LogP contribution in [0.4, 0.5) is 5.69 Å². The maximum Gasteiger partial charge on any atom is 0.297 e. The van der Waals surface area contributed by atoms with Crippen molar-refractivity contribution < 1.29 is 4.92 Å². The minimum Gasteiger partial charge on any atom is -0.258 e. The summed E-state index contributed by atoms with van der Waals surface area (Å²) in [6.07, 6.45) is 7.99. The molecule has 0 saturated carbocycles. The molecule has 0 N–H and O–H groups in total. The lowest BCUT2D eigenvalue weighted by molar-refractivity contribution is -0.385. The van der Waals surface area contributed by atoms with Gasteiger partial charge in [0.1, 0.15) is 0 Å². The van der Waals surface area contributed by atoms with Crippen molar-refractivity contribution in [2.24, 2.45) is 0 Å². The number of hydrogen-bond acceptors (Lipinski definition) is 4. The molecule has 2 aromatic rings. The number of nitrogens with zero attached hydrogens (tertiary/aromatic N) is 3. The molecule has 5 nitrogen and oxygen atoms in total. The highest BCUT2D eigenvalue weighted by molar-refractivity contribution is 5.21. The molecule has 0 aliphatic carbocycles. The molecule has 2 radical (unpaired) electrons. The molecule has 0 fully saturated rings. The van der Waals surface area contributed by atoms with Crippen LogP contribution in [0.1, 0.15) is 0 Å². The molecule has 0 aromatic carbocycles. The monoisotopic (exact) mass is 201 g/mol. The van der Waals surface area contributed by atoms with Crippen molar-refractivity contribution in [1.82, 2.24) is 9.97 Å². The molecule has 0 amide bonds. The van der Waals surface area contributed by atoms with Gasteiger partial charge in [-0.25, -0.2) is 4.98 Å². The number of aromatic nitrogens is 2. The summed E-state index contributed by atoms with van der Waals surface area (Å²) in [6.45, 7) is 0. The van der Waals surface area contributed by atoms with Gasteiger partial charge in [-0.15, -0.1) is 0 Å². The van der Waals surface area contributed by atoms with Crippen LogP contribution in [0.5, 0.6) is 0 Å². The molecule has 0 spiro atoms. The Labute approximate surface area is 86.6 Å². The largest absolute Gasteiger partial charge is 0.297 e. The molecule has 0 bridgehead atoms. The van der Waals surface area contributed by atoms with Gasteiger partial charge in [-0.05, 0) is 18.2 Å². The molecule has 0 atom stereocenters. The van der Waals surface area contributed by atoms with Crippen molar-refractivity contribution in [3.05, 3.63) is 65.2 Å². The average Bonchev–Trinajstić information content (AvgIpc) is 2.33. The van der Waals surface area contributed by atoms with Gasteiger partial charge < -0.3 is 0 Å². The van der Waals surface area contributed by atoms with Gasteiger partial charge in [0.25, 0.3) is 5.69 Å². The molecule has 5 heteroatoms. The Morgan fingerprint density at radius 2 is 2.00 bits per heavy atom. The minimum atomic E-state index is -0.535. The van der Waals surface area contributed by atoms with E-state index in [2.05, 4.69) is 22.4 Å². The number of nitro groups is 1. The highest BCUT2D eigenvalue weighted by atomic mass is 16.6. The number of pyridine rings is 2. The second-order valence-electron chi connectivity index (χ2n) is 2.35. The summed E-state index contributed by atoms with van der Waals surface area (Å²) < 4.78 is 0. The number of rotatable bonds is 1. The van der Waals surface area contributed by atoms with E-state index in [1.165, 1.54) is 18.3 Å². The highest BCUT2D eigenvalue weighted by Gasteiger charge is 2.01. The molecule has 2 rings (SSSR count). The van der Waals surface area contributed by atoms with Crippen molar-refractivity contribution in [1.29, 1.82) is 0 Å². The maximum absolute atomic E-state index is 9.94. The van der Waals surface area contributed by atoms with E-state index in [1.54, 1.807) is 12.3 Å². The van der Waals surface area contributed by atoms with Gasteiger partial charge in [0.15, 0.2) is 6.20 Å². The SMILES string of the molecule is O=[N+]([O-])c1[c]nccc1.[c]1ccccn1. The zero-order valence-corrected chi connectivity index (χ0v) is 7.70. The fourth-order valence-corrected chi connectivity index (χ4v) is 0.697. The lowest BCUT2D eigenvalue weighted by Gasteiger charge is -1.83. The first-order valence-electron chi connectivity index (χ1n) is 4.05. The summed E-state index contributed by atoms with van der Waals surface area (Å²) in [5, 5.41) is 9.94. The third kappa shape index (κ3) is 4.47. The molecule has 2 heterocycles. The van der Waals surface area contributed by atoms with Gasteiger partial charge >= 0.3 is 0 Å². The normalized spacial score (nSPS) is 8.53. The molecule has 2 aromatic heterocycles. The standard InChI is InChI=1S/C5H3N2O2.C5H4N/c8-7(9)5-2-1-3-6-4-5;1-2-4-6-5-3-1/h1-3H;1-4H. The Bertz CT molecular complexity index is 365. The van der Waals surface area contributed by atoms with Gasteiger partial charge in [-0.3, -0.25) is 15.1 Å². The van der Waals surface area contributed by atoms with Gasteiger partial charge in [-0.1, -0.05) is 6.07 Å². The lowest BCUT2D eigenvalue weighted by atomic mass is 10.4. The molecular weight excluding hydrogens is 194 g/mol. The van der Waals surface area contributed by atoms with E-state index in [1.807, 2.05) is 12.1 Å². The topological polar surface area (TPSA) is 68.9 Å². The van der Waals surface area contributed by atoms with E-state index in [9.17, 15) is 10.1 Å². The Balaban J connectivity index is 0.000000162. The Morgan fingerprint density at radius 1 is 1.20 bits per heavy atom. The van der Waals surface area contributed by atoms with Gasteiger partial charge in [-0.2, -0.15) is 0 Å². The molecule has 0 unspecified atom stereocenters. The predicted octanol–water partition coefficient (Wildman–Crippen LogP) is 1.67. The van der Waals surface area contributed by atoms with E-state index in [0.29, 0.717) is 0 Å². The third-order valence-electron chi connectivity index (χ3n) is 1.31. The summed E-state index contributed by atoms with van der Waals surface area (Å²) in [6, 6.07) is 8.34. The summed E-state index contributed by atoms with van der Waals surface area (Å²) >= 11 is 0. The van der Waals surface area contributed by atoms with Gasteiger partial charge in [0.2, 0.25) is 0 Å². The smallest absolute Gasteiger partial charge is 0.258 e. The van der Waals surface area contributed by atoms with Crippen LogP contribution in [-0.2, 0) is 0 Å². The quantitative estimate of drug-likeness (QED) is 0.519. The highest BCUT2D eigenvalue weighted by Crippen LogP contribution is 2.03. The second-order valence-corrected chi connectivity index (χ2v) is 2.35. The van der Waals surface area contributed by atoms with Crippen molar-refractivity contribution in [3.8, 4) is 0 Å². The van der Waals surface area contributed by atoms with Crippen LogP contribution in [0.15, 0.2) is 42.7 Å². The van der Waals surface area contributed by atoms with Crippen LogP contribution < -0.4 is 0 Å². The Kier molecular flexibility index (Phi) is 4.45. The zero-order valence-electron chi connectivity index (χ0n) is 7.70. The molecule has 15 heavy (non-hydrogen) atoms. The zero-order chi connectivity index (χ0) is 10.9. The van der Waals surface area contributed by atoms with E-state index < -0.39 is 4.92 Å². The third-order valence-corrected chi connectivity index (χ3v) is 1.31. The van der Waals surface area contributed by atoms with E-state index in [0.717, 1.165) is 0 Å². The van der Waals surface area contributed by atoms with Crippen LogP contribution in [0.2, 0.25) is 0 Å². The van der Waals surface area contributed by atoms with E-state index >= 15 is 0 Å². The van der Waals surface area contributed by atoms with Crippen LogP contribution >= 0.6 is 0 Å². The van der Waals surface area contributed by atoms with Crippen molar-refractivity contribution in [2.75, 3.05) is 0 Å². The van der Waals surface area contributed by atoms with Crippen LogP contribution in [0.25, 0.3) is 0 Å². The molecule has 0 aliphatic heterocycles. The maximum atomic E-state index is 9.94. The number of hydrogen-bond donors (Lipinski definition) is 0. The van der Waals surface area contributed by atoms with E-state index in [-0.39, 0.29) is 5.69 Å².